The second-order valence-electron chi connectivity index (χ2n) is 6.92. The van der Waals surface area contributed by atoms with Gasteiger partial charge >= 0.3 is 0 Å². The first kappa shape index (κ1) is 14.5. The van der Waals surface area contributed by atoms with E-state index in [2.05, 4.69) is 33.8 Å². The number of aryl methyl sites for hydroxylation is 1. The number of hydrogen-bond acceptors (Lipinski definition) is 2. The molecule has 0 saturated heterocycles. The minimum absolute atomic E-state index is 0.296. The normalized spacial score (nSPS) is 25.5. The fraction of sp³-hybridized carbons (Fsp3) is 0.647. The molecule has 0 spiro atoms. The van der Waals surface area contributed by atoms with E-state index in [4.69, 9.17) is 0 Å². The van der Waals surface area contributed by atoms with Gasteiger partial charge in [0.15, 0.2) is 6.29 Å². The zero-order valence-electron chi connectivity index (χ0n) is 12.9. The third-order valence-electron chi connectivity index (χ3n) is 5.31. The first-order chi connectivity index (χ1) is 8.66. The molecule has 1 aromatic rings. The number of rotatable bonds is 1. The lowest BCUT2D eigenvalue weighted by Crippen LogP contribution is -2.34. The molecule has 0 fully saturated rings. The minimum Gasteiger partial charge on any atom is -0.364 e. The molecule has 1 aliphatic rings. The first-order valence-electron chi connectivity index (χ1n) is 7.15. The Morgan fingerprint density at radius 3 is 2.32 bits per heavy atom. The van der Waals surface area contributed by atoms with Gasteiger partial charge in [-0.15, -0.1) is 0 Å². The summed E-state index contributed by atoms with van der Waals surface area (Å²) in [6, 6.07) is 2.15. The molecule has 0 aromatic heterocycles. The van der Waals surface area contributed by atoms with Crippen LogP contribution in [-0.2, 0) is 6.42 Å². The molecule has 2 heteroatoms. The molecule has 2 atom stereocenters. The number of aliphatic hydroxyl groups excluding tert-OH is 1. The Morgan fingerprint density at radius 2 is 1.79 bits per heavy atom. The second kappa shape index (κ2) is 4.60. The van der Waals surface area contributed by atoms with Gasteiger partial charge in [-0.1, -0.05) is 33.8 Å². The van der Waals surface area contributed by atoms with E-state index in [1.54, 1.807) is 0 Å². The standard InChI is InChI=1S/C17H26O2/c1-9-7-13-8-17(5,6)12(4)10(2)15(13)11(3)14(9)16(18)19/h7,10,12,16,18-19H,8H2,1-6H3. The average Bonchev–Trinajstić information content (AvgIpc) is 2.24. The van der Waals surface area contributed by atoms with Crippen LogP contribution in [0.5, 0.6) is 0 Å². The molecule has 1 aliphatic carbocycles. The van der Waals surface area contributed by atoms with Crippen LogP contribution in [0.25, 0.3) is 0 Å². The highest BCUT2D eigenvalue weighted by atomic mass is 16.5. The molecule has 0 aliphatic heterocycles. The van der Waals surface area contributed by atoms with Crippen molar-refractivity contribution in [1.82, 2.24) is 0 Å². The van der Waals surface area contributed by atoms with E-state index in [9.17, 15) is 10.2 Å². The summed E-state index contributed by atoms with van der Waals surface area (Å²) in [4.78, 5) is 0. The fourth-order valence-corrected chi connectivity index (χ4v) is 3.85. The summed E-state index contributed by atoms with van der Waals surface area (Å²) in [6.07, 6.45) is -0.306. The Morgan fingerprint density at radius 1 is 1.21 bits per heavy atom. The van der Waals surface area contributed by atoms with E-state index < -0.39 is 6.29 Å². The number of hydrogen-bond donors (Lipinski definition) is 2. The van der Waals surface area contributed by atoms with Crippen molar-refractivity contribution in [3.63, 3.8) is 0 Å². The van der Waals surface area contributed by atoms with Crippen LogP contribution >= 0.6 is 0 Å². The molecule has 0 radical (unpaired) electrons. The molecule has 2 N–H and O–H groups in total. The molecule has 0 saturated carbocycles. The number of fused-ring (bicyclic) bond motifs is 1. The van der Waals surface area contributed by atoms with Gasteiger partial charge in [-0.3, -0.25) is 0 Å². The summed E-state index contributed by atoms with van der Waals surface area (Å²) in [5.74, 6) is 1.04. The van der Waals surface area contributed by atoms with Crippen LogP contribution in [-0.4, -0.2) is 10.2 Å². The molecule has 2 nitrogen and oxygen atoms in total. The highest BCUT2D eigenvalue weighted by Gasteiger charge is 2.38. The van der Waals surface area contributed by atoms with E-state index in [0.717, 1.165) is 17.5 Å². The molecule has 106 valence electrons. The van der Waals surface area contributed by atoms with Crippen molar-refractivity contribution in [2.45, 2.75) is 60.2 Å². The Hall–Kier alpha value is -0.860. The third kappa shape index (κ3) is 2.21. The lowest BCUT2D eigenvalue weighted by Gasteiger charge is -2.43. The van der Waals surface area contributed by atoms with Gasteiger partial charge in [0, 0.05) is 5.56 Å². The van der Waals surface area contributed by atoms with E-state index in [0.29, 0.717) is 22.8 Å². The van der Waals surface area contributed by atoms with Crippen LogP contribution in [0.4, 0.5) is 0 Å². The van der Waals surface area contributed by atoms with Gasteiger partial charge in [0.05, 0.1) is 0 Å². The summed E-state index contributed by atoms with van der Waals surface area (Å²) in [6.45, 7) is 13.2. The second-order valence-corrected chi connectivity index (χ2v) is 6.92. The highest BCUT2D eigenvalue weighted by molar-refractivity contribution is 5.49. The van der Waals surface area contributed by atoms with Gasteiger partial charge in [-0.25, -0.2) is 0 Å². The molecule has 0 bridgehead atoms. The summed E-state index contributed by atoms with van der Waals surface area (Å²) < 4.78 is 0. The summed E-state index contributed by atoms with van der Waals surface area (Å²) in [5.41, 5.74) is 5.77. The van der Waals surface area contributed by atoms with Crippen molar-refractivity contribution in [2.75, 3.05) is 0 Å². The van der Waals surface area contributed by atoms with E-state index in [1.807, 2.05) is 13.8 Å². The molecule has 1 aromatic carbocycles. The van der Waals surface area contributed by atoms with Crippen LogP contribution in [0.3, 0.4) is 0 Å². The number of aliphatic hydroxyl groups is 2. The lowest BCUT2D eigenvalue weighted by atomic mass is 9.61. The van der Waals surface area contributed by atoms with E-state index in [1.165, 1.54) is 11.1 Å². The van der Waals surface area contributed by atoms with E-state index >= 15 is 0 Å². The van der Waals surface area contributed by atoms with Crippen LogP contribution in [0.15, 0.2) is 6.07 Å². The quantitative estimate of drug-likeness (QED) is 0.759. The summed E-state index contributed by atoms with van der Waals surface area (Å²) >= 11 is 0. The maximum absolute atomic E-state index is 9.60. The summed E-state index contributed by atoms with van der Waals surface area (Å²) in [5, 5.41) is 19.2. The largest absolute Gasteiger partial charge is 0.364 e. The molecule has 19 heavy (non-hydrogen) atoms. The molecule has 0 heterocycles. The van der Waals surface area contributed by atoms with Crippen molar-refractivity contribution in [3.8, 4) is 0 Å². The predicted molar refractivity (Wildman–Crippen MR) is 78.2 cm³/mol. The van der Waals surface area contributed by atoms with Crippen molar-refractivity contribution in [3.05, 3.63) is 33.9 Å². The van der Waals surface area contributed by atoms with Crippen molar-refractivity contribution < 1.29 is 10.2 Å². The zero-order chi connectivity index (χ0) is 14.5. The molecule has 2 unspecified atom stereocenters. The maximum Gasteiger partial charge on any atom is 0.178 e. The Labute approximate surface area is 116 Å². The third-order valence-corrected chi connectivity index (χ3v) is 5.31. The zero-order valence-corrected chi connectivity index (χ0v) is 12.9. The Bertz CT molecular complexity index is 500. The lowest BCUT2D eigenvalue weighted by molar-refractivity contribution is -0.0435. The predicted octanol–water partition coefficient (Wildman–Crippen LogP) is 3.61. The minimum atomic E-state index is -1.37. The van der Waals surface area contributed by atoms with Crippen molar-refractivity contribution in [1.29, 1.82) is 0 Å². The monoisotopic (exact) mass is 262 g/mol. The van der Waals surface area contributed by atoms with E-state index in [-0.39, 0.29) is 0 Å². The maximum atomic E-state index is 9.60. The summed E-state index contributed by atoms with van der Waals surface area (Å²) in [7, 11) is 0. The smallest absolute Gasteiger partial charge is 0.178 e. The van der Waals surface area contributed by atoms with Gasteiger partial charge in [0.25, 0.3) is 0 Å². The highest BCUT2D eigenvalue weighted by Crippen LogP contribution is 2.48. The van der Waals surface area contributed by atoms with Gasteiger partial charge in [0.1, 0.15) is 0 Å². The van der Waals surface area contributed by atoms with Crippen LogP contribution in [0, 0.1) is 25.2 Å². The van der Waals surface area contributed by atoms with Gasteiger partial charge in [0.2, 0.25) is 0 Å². The van der Waals surface area contributed by atoms with Crippen LogP contribution < -0.4 is 0 Å². The topological polar surface area (TPSA) is 40.5 Å². The Balaban J connectivity index is 2.67. The van der Waals surface area contributed by atoms with Crippen LogP contribution in [0.2, 0.25) is 0 Å². The van der Waals surface area contributed by atoms with Crippen molar-refractivity contribution in [2.24, 2.45) is 11.3 Å². The van der Waals surface area contributed by atoms with Gasteiger partial charge < -0.3 is 10.2 Å². The Kier molecular flexibility index (Phi) is 3.53. The molecule has 2 rings (SSSR count). The average molecular weight is 262 g/mol. The SMILES string of the molecule is Cc1cc2c(c(C)c1C(O)O)C(C)C(C)C(C)(C)C2. The van der Waals surface area contributed by atoms with Crippen LogP contribution in [0.1, 0.15) is 67.7 Å². The van der Waals surface area contributed by atoms with Crippen molar-refractivity contribution >= 4 is 0 Å². The first-order valence-corrected chi connectivity index (χ1v) is 7.15. The van der Waals surface area contributed by atoms with Gasteiger partial charge in [-0.2, -0.15) is 0 Å². The molecular weight excluding hydrogens is 236 g/mol. The number of benzene rings is 1. The molecular formula is C17H26O2. The van der Waals surface area contributed by atoms with Gasteiger partial charge in [-0.05, 0) is 59.8 Å². The fourth-order valence-electron chi connectivity index (χ4n) is 3.85. The molecule has 0 amide bonds.